The fourth-order valence-corrected chi connectivity index (χ4v) is 0. The molecule has 0 aromatic heterocycles. The van der Waals surface area contributed by atoms with E-state index in [0.717, 1.165) is 6.55 Å². The van der Waals surface area contributed by atoms with Crippen LogP contribution in [-0.4, -0.2) is 24.1 Å². The third-order valence-electron chi connectivity index (χ3n) is 0.223. The van der Waals surface area contributed by atoms with Gasteiger partial charge in [-0.15, -0.1) is 0 Å². The molecule has 0 aliphatic rings. The second-order valence-corrected chi connectivity index (χ2v) is 3.64. The summed E-state index contributed by atoms with van der Waals surface area (Å²) in [5, 5.41) is 0. The maximum Gasteiger partial charge on any atom is 0.397 e. The van der Waals surface area contributed by atoms with Crippen molar-refractivity contribution in [2.45, 2.75) is 6.55 Å². The summed E-state index contributed by atoms with van der Waals surface area (Å²) < 4.78 is 0. The van der Waals surface area contributed by atoms with Crippen molar-refractivity contribution in [2.75, 3.05) is 0 Å². The third-order valence-corrected chi connectivity index (χ3v) is 0.670. The molecule has 0 amide bonds. The van der Waals surface area contributed by atoms with Crippen molar-refractivity contribution in [1.29, 1.82) is 0 Å². The van der Waals surface area contributed by atoms with E-state index >= 15 is 0 Å². The summed E-state index contributed by atoms with van der Waals surface area (Å²) in [6.07, 6.45) is 0. The molecule has 0 fully saturated rings. The van der Waals surface area contributed by atoms with Gasteiger partial charge in [0.1, 0.15) is 0 Å². The third kappa shape index (κ3) is 3.81. The first kappa shape index (κ1) is 5.81. The van der Waals surface area contributed by atoms with Crippen LogP contribution in [0, 0.1) is 0 Å². The molecule has 0 unspecified atom stereocenters. The first-order valence-corrected chi connectivity index (χ1v) is 3.94. The van der Waals surface area contributed by atoms with E-state index in [1.807, 2.05) is 0 Å². The molecule has 0 saturated carbocycles. The van der Waals surface area contributed by atoms with Gasteiger partial charge in [-0.3, -0.25) is 0 Å². The van der Waals surface area contributed by atoms with Crippen molar-refractivity contribution in [3.63, 3.8) is 0 Å². The summed E-state index contributed by atoms with van der Waals surface area (Å²) in [6, 6.07) is 0. The minimum Gasteiger partial charge on any atom is -0.406 e. The Hall–Kier alpha value is -0.193. The Bertz CT molecular complexity index is 54.3. The average Bonchev–Trinajstić information content (AvgIpc) is 1.35. The Morgan fingerprint density at radius 1 is 1.67 bits per heavy atom. The highest BCUT2D eigenvalue weighted by molar-refractivity contribution is 6.88. The zero-order valence-corrected chi connectivity index (χ0v) is 4.38. The van der Waals surface area contributed by atoms with Crippen LogP contribution >= 0.6 is 0 Å². The van der Waals surface area contributed by atoms with Crippen molar-refractivity contribution < 1.29 is 14.4 Å². The van der Waals surface area contributed by atoms with E-state index in [0.29, 0.717) is 0 Å². The van der Waals surface area contributed by atoms with Gasteiger partial charge in [-0.25, -0.2) is 0 Å². The van der Waals surface area contributed by atoms with Gasteiger partial charge in [0, 0.05) is 0 Å². The molecule has 6 heavy (non-hydrogen) atoms. The zero-order chi connectivity index (χ0) is 5.21. The Morgan fingerprint density at radius 2 is 1.83 bits per heavy atom. The van der Waals surface area contributed by atoms with Gasteiger partial charge in [0.2, 0.25) is 0 Å². The highest BCUT2D eigenvalue weighted by atomic mass is 28.4. The Balaban J connectivity index is 3.45. The standard InChI is InChI=1S/C2H6O3Si/c1-6(4,5)2-3/h2,4-5H,1H3. The van der Waals surface area contributed by atoms with Gasteiger partial charge in [0.05, 0.1) is 0 Å². The molecule has 0 atom stereocenters. The van der Waals surface area contributed by atoms with E-state index in [1.165, 1.54) is 0 Å². The SMILES string of the molecule is C[Si](O)(O)C=O. The van der Waals surface area contributed by atoms with Crippen LogP contribution in [-0.2, 0) is 4.79 Å². The lowest BCUT2D eigenvalue weighted by Gasteiger charge is -1.96. The van der Waals surface area contributed by atoms with Crippen LogP contribution in [0.15, 0.2) is 0 Å². The smallest absolute Gasteiger partial charge is 0.397 e. The Morgan fingerprint density at radius 3 is 1.83 bits per heavy atom. The Kier molecular flexibility index (Phi) is 1.46. The van der Waals surface area contributed by atoms with Crippen molar-refractivity contribution in [3.8, 4) is 0 Å². The number of carbonyl (C=O) groups is 1. The fraction of sp³-hybridized carbons (Fsp3) is 0.500. The lowest BCUT2D eigenvalue weighted by molar-refractivity contribution is 0.389. The van der Waals surface area contributed by atoms with Crippen LogP contribution in [0.1, 0.15) is 0 Å². The van der Waals surface area contributed by atoms with Gasteiger partial charge in [-0.2, -0.15) is 0 Å². The van der Waals surface area contributed by atoms with Crippen molar-refractivity contribution in [1.82, 2.24) is 0 Å². The summed E-state index contributed by atoms with van der Waals surface area (Å²) in [5.41, 5.74) is 0. The molecule has 0 aromatic rings. The number of rotatable bonds is 1. The molecule has 0 aromatic carbocycles. The van der Waals surface area contributed by atoms with E-state index < -0.39 is 8.56 Å². The topological polar surface area (TPSA) is 57.5 Å². The molecule has 36 valence electrons. The lowest BCUT2D eigenvalue weighted by atomic mass is 11.8. The van der Waals surface area contributed by atoms with Crippen LogP contribution in [0.4, 0.5) is 0 Å². The van der Waals surface area contributed by atoms with Crippen LogP contribution < -0.4 is 0 Å². The van der Waals surface area contributed by atoms with E-state index in [1.54, 1.807) is 0 Å². The maximum absolute atomic E-state index is 9.39. The molecular weight excluding hydrogens is 100 g/mol. The van der Waals surface area contributed by atoms with Gasteiger partial charge in [0.25, 0.3) is 0 Å². The van der Waals surface area contributed by atoms with Crippen LogP contribution in [0.2, 0.25) is 6.55 Å². The average molecular weight is 106 g/mol. The summed E-state index contributed by atoms with van der Waals surface area (Å²) in [4.78, 5) is 25.7. The van der Waals surface area contributed by atoms with E-state index in [-0.39, 0.29) is 5.91 Å². The normalized spacial score (nSPS) is 11.2. The van der Waals surface area contributed by atoms with Crippen LogP contribution in [0.3, 0.4) is 0 Å². The second-order valence-electron chi connectivity index (χ2n) is 1.21. The zero-order valence-electron chi connectivity index (χ0n) is 3.38. The van der Waals surface area contributed by atoms with Crippen LogP contribution in [0.25, 0.3) is 0 Å². The van der Waals surface area contributed by atoms with E-state index in [4.69, 9.17) is 9.59 Å². The first-order chi connectivity index (χ1) is 2.56. The quantitative estimate of drug-likeness (QED) is 0.326. The number of hydrogen-bond acceptors (Lipinski definition) is 3. The minimum atomic E-state index is -3.31. The molecule has 4 heteroatoms. The molecule has 0 bridgehead atoms. The molecule has 0 heterocycles. The molecule has 0 aliphatic carbocycles. The van der Waals surface area contributed by atoms with Crippen molar-refractivity contribution >= 4 is 14.5 Å². The molecule has 3 nitrogen and oxygen atoms in total. The number of hydrogen-bond donors (Lipinski definition) is 2. The fourth-order valence-electron chi connectivity index (χ4n) is 0. The van der Waals surface area contributed by atoms with Crippen molar-refractivity contribution in [3.05, 3.63) is 0 Å². The van der Waals surface area contributed by atoms with Gasteiger partial charge >= 0.3 is 8.56 Å². The second kappa shape index (κ2) is 1.50. The molecule has 2 N–H and O–H groups in total. The molecular formula is C2H6O3Si. The lowest BCUT2D eigenvalue weighted by Crippen LogP contribution is -2.31. The van der Waals surface area contributed by atoms with Gasteiger partial charge in [-0.1, -0.05) is 0 Å². The van der Waals surface area contributed by atoms with Gasteiger partial charge in [-0.05, 0) is 6.55 Å². The van der Waals surface area contributed by atoms with Gasteiger partial charge < -0.3 is 14.4 Å². The minimum absolute atomic E-state index is 0.188. The predicted octanol–water partition coefficient (Wildman–Crippen LogP) is -1.19. The van der Waals surface area contributed by atoms with Crippen LogP contribution in [0.5, 0.6) is 0 Å². The highest BCUT2D eigenvalue weighted by Crippen LogP contribution is 1.78. The Labute approximate surface area is 36.5 Å². The monoisotopic (exact) mass is 106 g/mol. The maximum atomic E-state index is 9.39. The number of carbonyl (C=O) groups excluding carboxylic acids is 1. The summed E-state index contributed by atoms with van der Waals surface area (Å²) in [5.74, 6) is 0.188. The predicted molar refractivity (Wildman–Crippen MR) is 22.8 cm³/mol. The summed E-state index contributed by atoms with van der Waals surface area (Å²) >= 11 is 0. The van der Waals surface area contributed by atoms with Crippen molar-refractivity contribution in [2.24, 2.45) is 0 Å². The summed E-state index contributed by atoms with van der Waals surface area (Å²) in [7, 11) is -3.31. The largest absolute Gasteiger partial charge is 0.406 e. The molecule has 0 rings (SSSR count). The molecule has 0 saturated heterocycles. The van der Waals surface area contributed by atoms with Gasteiger partial charge in [0.15, 0.2) is 5.91 Å². The highest BCUT2D eigenvalue weighted by Gasteiger charge is 2.18. The summed E-state index contributed by atoms with van der Waals surface area (Å²) in [6.45, 7) is 1.12. The molecule has 0 radical (unpaired) electrons. The first-order valence-electron chi connectivity index (χ1n) is 1.47. The van der Waals surface area contributed by atoms with E-state index in [9.17, 15) is 4.79 Å². The molecule has 0 spiro atoms. The molecule has 0 aliphatic heterocycles. The van der Waals surface area contributed by atoms with E-state index in [2.05, 4.69) is 0 Å².